The second kappa shape index (κ2) is 10.1. The van der Waals surface area contributed by atoms with Crippen LogP contribution in [-0.2, 0) is 10.0 Å². The zero-order chi connectivity index (χ0) is 24.5. The van der Waals surface area contributed by atoms with Crippen molar-refractivity contribution in [3.05, 3.63) is 86.9 Å². The number of amides is 1. The molecule has 0 spiro atoms. The minimum atomic E-state index is -3.59. The highest BCUT2D eigenvalue weighted by Crippen LogP contribution is 2.35. The molecule has 1 aliphatic heterocycles. The van der Waals surface area contributed by atoms with Gasteiger partial charge in [-0.3, -0.25) is 4.79 Å². The van der Waals surface area contributed by atoms with Crippen molar-refractivity contribution in [3.63, 3.8) is 0 Å². The molecule has 1 saturated heterocycles. The van der Waals surface area contributed by atoms with E-state index < -0.39 is 10.0 Å². The fourth-order valence-corrected chi connectivity index (χ4v) is 5.80. The van der Waals surface area contributed by atoms with E-state index in [1.165, 1.54) is 10.4 Å². The number of benzene rings is 3. The van der Waals surface area contributed by atoms with Crippen LogP contribution in [0.25, 0.3) is 0 Å². The maximum absolute atomic E-state index is 13.0. The van der Waals surface area contributed by atoms with Crippen molar-refractivity contribution in [3.8, 4) is 0 Å². The van der Waals surface area contributed by atoms with Crippen molar-refractivity contribution >= 4 is 62.1 Å². The van der Waals surface area contributed by atoms with Gasteiger partial charge in [0.05, 0.1) is 31.3 Å². The highest BCUT2D eigenvalue weighted by atomic mass is 35.5. The molecule has 6 nitrogen and oxygen atoms in total. The molecule has 0 aliphatic carbocycles. The Balaban J connectivity index is 1.52. The van der Waals surface area contributed by atoms with Gasteiger partial charge in [-0.25, -0.2) is 8.42 Å². The van der Waals surface area contributed by atoms with Crippen molar-refractivity contribution in [1.29, 1.82) is 0 Å². The molecule has 0 saturated carbocycles. The van der Waals surface area contributed by atoms with E-state index in [4.69, 9.17) is 34.8 Å². The summed E-state index contributed by atoms with van der Waals surface area (Å²) in [5.41, 5.74) is 2.52. The Kier molecular flexibility index (Phi) is 7.40. The average molecular weight is 539 g/mol. The topological polar surface area (TPSA) is 69.7 Å². The fourth-order valence-electron chi connectivity index (χ4n) is 3.78. The van der Waals surface area contributed by atoms with E-state index in [0.29, 0.717) is 53.2 Å². The summed E-state index contributed by atoms with van der Waals surface area (Å²) < 4.78 is 27.5. The van der Waals surface area contributed by atoms with Gasteiger partial charge >= 0.3 is 0 Å². The summed E-state index contributed by atoms with van der Waals surface area (Å²) in [5.74, 6) is -0.359. The van der Waals surface area contributed by atoms with Crippen molar-refractivity contribution in [2.45, 2.75) is 11.8 Å². The number of aryl methyl sites for hydroxylation is 1. The highest BCUT2D eigenvalue weighted by Gasteiger charge is 2.30. The molecule has 3 aromatic rings. The number of piperazine rings is 1. The van der Waals surface area contributed by atoms with Gasteiger partial charge in [0.15, 0.2) is 0 Å². The minimum Gasteiger partial charge on any atom is -0.366 e. The van der Waals surface area contributed by atoms with Crippen molar-refractivity contribution in [2.75, 3.05) is 36.4 Å². The third-order valence-corrected chi connectivity index (χ3v) is 8.59. The number of hydrogen-bond acceptors (Lipinski definition) is 4. The maximum Gasteiger partial charge on any atom is 0.255 e. The number of rotatable bonds is 5. The van der Waals surface area contributed by atoms with E-state index in [1.807, 2.05) is 11.8 Å². The Morgan fingerprint density at radius 2 is 1.53 bits per heavy atom. The van der Waals surface area contributed by atoms with Crippen LogP contribution >= 0.6 is 34.8 Å². The molecular formula is C24H22Cl3N3O3S. The molecule has 1 fully saturated rings. The van der Waals surface area contributed by atoms with Gasteiger partial charge in [0.25, 0.3) is 5.91 Å². The summed E-state index contributed by atoms with van der Waals surface area (Å²) in [6, 6.07) is 16.7. The van der Waals surface area contributed by atoms with Crippen LogP contribution in [0.5, 0.6) is 0 Å². The third kappa shape index (κ3) is 5.19. The SMILES string of the molecule is Cc1ccc(S(=O)(=O)N2CCN(c3c(Cl)cccc3NC(=O)c3ccc(Cl)c(Cl)c3)CC2)cc1. The molecule has 0 aromatic heterocycles. The quantitative estimate of drug-likeness (QED) is 0.451. The lowest BCUT2D eigenvalue weighted by molar-refractivity contribution is 0.102. The zero-order valence-corrected chi connectivity index (χ0v) is 21.3. The molecule has 0 radical (unpaired) electrons. The zero-order valence-electron chi connectivity index (χ0n) is 18.3. The smallest absolute Gasteiger partial charge is 0.255 e. The van der Waals surface area contributed by atoms with Gasteiger partial charge in [-0.1, -0.05) is 58.6 Å². The first-order chi connectivity index (χ1) is 16.2. The Bertz CT molecular complexity index is 1320. The summed E-state index contributed by atoms with van der Waals surface area (Å²) in [5, 5.41) is 3.99. The van der Waals surface area contributed by atoms with Gasteiger partial charge in [0.2, 0.25) is 10.0 Å². The molecule has 1 N–H and O–H groups in total. The predicted molar refractivity (Wildman–Crippen MR) is 138 cm³/mol. The van der Waals surface area contributed by atoms with E-state index in [0.717, 1.165) is 5.56 Å². The second-order valence-corrected chi connectivity index (χ2v) is 11.1. The van der Waals surface area contributed by atoms with Gasteiger partial charge < -0.3 is 10.2 Å². The summed E-state index contributed by atoms with van der Waals surface area (Å²) in [4.78, 5) is 15.1. The molecular weight excluding hydrogens is 517 g/mol. The minimum absolute atomic E-state index is 0.277. The van der Waals surface area contributed by atoms with E-state index in [-0.39, 0.29) is 15.8 Å². The molecule has 0 bridgehead atoms. The standard InChI is InChI=1S/C24H22Cl3N3O3S/c1-16-5-8-18(9-6-16)34(32,33)30-13-11-29(12-14-30)23-20(26)3-2-4-22(23)28-24(31)17-7-10-19(25)21(27)15-17/h2-10,15H,11-14H2,1H3,(H,28,31). The third-order valence-electron chi connectivity index (χ3n) is 5.63. The van der Waals surface area contributed by atoms with Gasteiger partial charge in [-0.15, -0.1) is 0 Å². The summed E-state index contributed by atoms with van der Waals surface area (Å²) in [7, 11) is -3.59. The monoisotopic (exact) mass is 537 g/mol. The lowest BCUT2D eigenvalue weighted by Crippen LogP contribution is -2.49. The van der Waals surface area contributed by atoms with E-state index in [9.17, 15) is 13.2 Å². The number of carbonyl (C=O) groups excluding carboxylic acids is 1. The first-order valence-electron chi connectivity index (χ1n) is 10.5. The van der Waals surface area contributed by atoms with Crippen LogP contribution in [0, 0.1) is 6.92 Å². The number of para-hydroxylation sites is 1. The molecule has 1 heterocycles. The fraction of sp³-hybridized carbons (Fsp3) is 0.208. The van der Waals surface area contributed by atoms with Gasteiger partial charge in [0.1, 0.15) is 0 Å². The summed E-state index contributed by atoms with van der Waals surface area (Å²) in [6.45, 7) is 3.34. The number of hydrogen-bond donors (Lipinski definition) is 1. The average Bonchev–Trinajstić information content (AvgIpc) is 2.81. The number of anilines is 2. The number of halogens is 3. The lowest BCUT2D eigenvalue weighted by Gasteiger charge is -2.36. The first kappa shape index (κ1) is 24.8. The van der Waals surface area contributed by atoms with Crippen LogP contribution < -0.4 is 10.2 Å². The molecule has 1 amide bonds. The van der Waals surface area contributed by atoms with Crippen LogP contribution in [0.3, 0.4) is 0 Å². The molecule has 4 rings (SSSR count). The number of carbonyl (C=O) groups is 1. The summed E-state index contributed by atoms with van der Waals surface area (Å²) in [6.07, 6.45) is 0. The lowest BCUT2D eigenvalue weighted by atomic mass is 10.1. The van der Waals surface area contributed by atoms with Crippen LogP contribution in [0.15, 0.2) is 65.6 Å². The van der Waals surface area contributed by atoms with Crippen molar-refractivity contribution in [2.24, 2.45) is 0 Å². The van der Waals surface area contributed by atoms with Gasteiger partial charge in [-0.2, -0.15) is 4.31 Å². The molecule has 0 unspecified atom stereocenters. The normalized spacial score (nSPS) is 14.8. The van der Waals surface area contributed by atoms with Crippen LogP contribution in [-0.4, -0.2) is 44.8 Å². The second-order valence-electron chi connectivity index (χ2n) is 7.92. The first-order valence-corrected chi connectivity index (χ1v) is 13.1. The largest absolute Gasteiger partial charge is 0.366 e. The highest BCUT2D eigenvalue weighted by molar-refractivity contribution is 7.89. The predicted octanol–water partition coefficient (Wildman–Crippen LogP) is 5.72. The molecule has 10 heteroatoms. The van der Waals surface area contributed by atoms with Crippen LogP contribution in [0.1, 0.15) is 15.9 Å². The Hall–Kier alpha value is -2.29. The van der Waals surface area contributed by atoms with E-state index in [1.54, 1.807) is 54.6 Å². The van der Waals surface area contributed by atoms with Gasteiger partial charge in [0, 0.05) is 31.7 Å². The Morgan fingerprint density at radius 3 is 2.18 bits per heavy atom. The maximum atomic E-state index is 13.0. The number of nitrogens with one attached hydrogen (secondary N) is 1. The van der Waals surface area contributed by atoms with E-state index in [2.05, 4.69) is 5.32 Å². The van der Waals surface area contributed by atoms with E-state index >= 15 is 0 Å². The Labute approximate surface area is 214 Å². The van der Waals surface area contributed by atoms with Crippen LogP contribution in [0.2, 0.25) is 15.1 Å². The molecule has 3 aromatic carbocycles. The summed E-state index contributed by atoms with van der Waals surface area (Å²) >= 11 is 18.5. The number of nitrogens with zero attached hydrogens (tertiary/aromatic N) is 2. The molecule has 0 atom stereocenters. The Morgan fingerprint density at radius 1 is 0.853 bits per heavy atom. The van der Waals surface area contributed by atoms with Crippen LogP contribution in [0.4, 0.5) is 11.4 Å². The molecule has 1 aliphatic rings. The molecule has 34 heavy (non-hydrogen) atoms. The van der Waals surface area contributed by atoms with Crippen molar-refractivity contribution < 1.29 is 13.2 Å². The van der Waals surface area contributed by atoms with Gasteiger partial charge in [-0.05, 0) is 49.4 Å². The number of sulfonamides is 1. The molecule has 178 valence electrons. The van der Waals surface area contributed by atoms with Crippen molar-refractivity contribution in [1.82, 2.24) is 4.31 Å².